The summed E-state index contributed by atoms with van der Waals surface area (Å²) < 4.78 is 15.4. The standard InChI is InChI=1S/C16H15N3O5S/c1-9-7-13(19-24-9)18-15(21)10(2)22-14(20)8-25-16-17-11-5-3-4-6-12(11)23-16/h3-7,10H,8H2,1-2H3,(H,18,19,21)/t10-/m0/s1. The number of fused-ring (bicyclic) bond motifs is 1. The van der Waals surface area contributed by atoms with E-state index in [-0.39, 0.29) is 11.6 Å². The van der Waals surface area contributed by atoms with Crippen molar-refractivity contribution in [1.82, 2.24) is 10.1 Å². The second-order valence-corrected chi connectivity index (χ2v) is 6.11. The Morgan fingerprint density at radius 3 is 2.88 bits per heavy atom. The molecule has 2 aromatic heterocycles. The number of benzene rings is 1. The number of oxazole rings is 1. The molecule has 9 heteroatoms. The molecule has 0 bridgehead atoms. The van der Waals surface area contributed by atoms with Crippen LogP contribution in [0.15, 0.2) is 44.5 Å². The number of aromatic nitrogens is 2. The number of amides is 1. The van der Waals surface area contributed by atoms with Gasteiger partial charge in [-0.3, -0.25) is 9.59 Å². The number of carbonyl (C=O) groups is 2. The molecule has 0 aliphatic heterocycles. The highest BCUT2D eigenvalue weighted by atomic mass is 32.2. The molecule has 0 spiro atoms. The molecule has 1 amide bonds. The summed E-state index contributed by atoms with van der Waals surface area (Å²) in [5.74, 6) is -0.228. The number of ether oxygens (including phenoxy) is 1. The van der Waals surface area contributed by atoms with E-state index in [1.165, 1.54) is 6.92 Å². The fourth-order valence-electron chi connectivity index (χ4n) is 1.97. The molecule has 8 nitrogen and oxygen atoms in total. The number of para-hydroxylation sites is 2. The molecule has 1 aromatic carbocycles. The zero-order chi connectivity index (χ0) is 17.8. The molecule has 3 rings (SSSR count). The Bertz CT molecular complexity index is 871. The molecule has 25 heavy (non-hydrogen) atoms. The van der Waals surface area contributed by atoms with Crippen molar-refractivity contribution in [1.29, 1.82) is 0 Å². The molecule has 1 N–H and O–H groups in total. The molecular formula is C16H15N3O5S. The van der Waals surface area contributed by atoms with Gasteiger partial charge in [0.05, 0.1) is 0 Å². The molecule has 1 atom stereocenters. The number of thioether (sulfide) groups is 1. The van der Waals surface area contributed by atoms with Crippen LogP contribution in [0.3, 0.4) is 0 Å². The van der Waals surface area contributed by atoms with E-state index in [0.717, 1.165) is 11.8 Å². The third kappa shape index (κ3) is 4.38. The van der Waals surface area contributed by atoms with Gasteiger partial charge in [-0.1, -0.05) is 29.1 Å². The molecule has 0 aliphatic carbocycles. The van der Waals surface area contributed by atoms with Gasteiger partial charge in [0.25, 0.3) is 11.1 Å². The summed E-state index contributed by atoms with van der Waals surface area (Å²) >= 11 is 1.10. The van der Waals surface area contributed by atoms with Crippen LogP contribution in [-0.4, -0.2) is 33.9 Å². The Hall–Kier alpha value is -2.81. The number of rotatable bonds is 6. The summed E-state index contributed by atoms with van der Waals surface area (Å²) in [5.41, 5.74) is 1.36. The van der Waals surface area contributed by atoms with Gasteiger partial charge in [-0.05, 0) is 26.0 Å². The lowest BCUT2D eigenvalue weighted by Crippen LogP contribution is -2.30. The van der Waals surface area contributed by atoms with E-state index in [2.05, 4.69) is 15.5 Å². The molecule has 3 aromatic rings. The first-order valence-electron chi connectivity index (χ1n) is 7.43. The molecule has 0 unspecified atom stereocenters. The van der Waals surface area contributed by atoms with Crippen molar-refractivity contribution >= 4 is 40.6 Å². The van der Waals surface area contributed by atoms with E-state index >= 15 is 0 Å². The third-order valence-corrected chi connectivity index (χ3v) is 3.95. The Morgan fingerprint density at radius 1 is 1.36 bits per heavy atom. The van der Waals surface area contributed by atoms with Gasteiger partial charge in [0, 0.05) is 6.07 Å². The lowest BCUT2D eigenvalue weighted by molar-refractivity contribution is -0.150. The number of aryl methyl sites for hydroxylation is 1. The van der Waals surface area contributed by atoms with Crippen molar-refractivity contribution in [3.05, 3.63) is 36.1 Å². The van der Waals surface area contributed by atoms with E-state index < -0.39 is 18.0 Å². The number of nitrogens with zero attached hydrogens (tertiary/aromatic N) is 2. The van der Waals surface area contributed by atoms with Crippen molar-refractivity contribution in [2.45, 2.75) is 25.2 Å². The minimum atomic E-state index is -0.964. The highest BCUT2D eigenvalue weighted by Crippen LogP contribution is 2.23. The van der Waals surface area contributed by atoms with Gasteiger partial charge in [-0.25, -0.2) is 4.98 Å². The van der Waals surface area contributed by atoms with Crippen LogP contribution in [0.2, 0.25) is 0 Å². The summed E-state index contributed by atoms with van der Waals surface area (Å²) in [4.78, 5) is 28.1. The van der Waals surface area contributed by atoms with Crippen LogP contribution in [0.5, 0.6) is 0 Å². The predicted molar refractivity (Wildman–Crippen MR) is 90.2 cm³/mol. The Kier molecular flexibility index (Phi) is 5.03. The van der Waals surface area contributed by atoms with E-state index in [4.69, 9.17) is 13.7 Å². The first-order chi connectivity index (χ1) is 12.0. The van der Waals surface area contributed by atoms with Crippen LogP contribution < -0.4 is 5.32 Å². The second-order valence-electron chi connectivity index (χ2n) is 5.18. The van der Waals surface area contributed by atoms with Crippen LogP contribution in [0.25, 0.3) is 11.1 Å². The van der Waals surface area contributed by atoms with Crippen LogP contribution in [0.1, 0.15) is 12.7 Å². The summed E-state index contributed by atoms with van der Waals surface area (Å²) in [5, 5.41) is 6.51. The summed E-state index contributed by atoms with van der Waals surface area (Å²) in [7, 11) is 0. The maximum atomic E-state index is 11.9. The van der Waals surface area contributed by atoms with Gasteiger partial charge < -0.3 is 19.0 Å². The normalized spacial score (nSPS) is 12.1. The monoisotopic (exact) mass is 361 g/mol. The predicted octanol–water partition coefficient (Wildman–Crippen LogP) is 2.79. The molecule has 0 saturated heterocycles. The molecule has 0 saturated carbocycles. The quantitative estimate of drug-likeness (QED) is 0.527. The molecule has 0 radical (unpaired) electrons. The fraction of sp³-hybridized carbons (Fsp3) is 0.250. The van der Waals surface area contributed by atoms with Crippen LogP contribution in [0.4, 0.5) is 5.82 Å². The fourth-order valence-corrected chi connectivity index (χ4v) is 2.59. The molecule has 130 valence electrons. The molecule has 2 heterocycles. The Morgan fingerprint density at radius 2 is 2.16 bits per heavy atom. The van der Waals surface area contributed by atoms with Crippen molar-refractivity contribution in [3.8, 4) is 0 Å². The van der Waals surface area contributed by atoms with Crippen molar-refractivity contribution in [2.75, 3.05) is 11.1 Å². The van der Waals surface area contributed by atoms with Gasteiger partial charge in [0.1, 0.15) is 17.0 Å². The van der Waals surface area contributed by atoms with E-state index in [1.807, 2.05) is 18.2 Å². The summed E-state index contributed by atoms with van der Waals surface area (Å²) in [6.45, 7) is 3.18. The average Bonchev–Trinajstić information content (AvgIpc) is 3.18. The third-order valence-electron chi connectivity index (χ3n) is 3.14. The topological polar surface area (TPSA) is 107 Å². The van der Waals surface area contributed by atoms with Gasteiger partial charge >= 0.3 is 5.97 Å². The second kappa shape index (κ2) is 7.39. The van der Waals surface area contributed by atoms with Gasteiger partial charge in [-0.15, -0.1) is 0 Å². The van der Waals surface area contributed by atoms with Gasteiger partial charge in [0.2, 0.25) is 0 Å². The molecule has 0 fully saturated rings. The zero-order valence-electron chi connectivity index (χ0n) is 13.5. The van der Waals surface area contributed by atoms with E-state index in [9.17, 15) is 9.59 Å². The highest BCUT2D eigenvalue weighted by Gasteiger charge is 2.20. The Labute approximate surface area is 146 Å². The smallest absolute Gasteiger partial charge is 0.317 e. The maximum absolute atomic E-state index is 11.9. The number of esters is 1. The van der Waals surface area contributed by atoms with Crippen molar-refractivity contribution in [3.63, 3.8) is 0 Å². The van der Waals surface area contributed by atoms with Gasteiger partial charge in [0.15, 0.2) is 17.5 Å². The van der Waals surface area contributed by atoms with Crippen LogP contribution >= 0.6 is 11.8 Å². The highest BCUT2D eigenvalue weighted by molar-refractivity contribution is 7.99. The lowest BCUT2D eigenvalue weighted by atomic mass is 10.3. The largest absolute Gasteiger partial charge is 0.452 e. The summed E-state index contributed by atoms with van der Waals surface area (Å²) in [6, 6.07) is 8.87. The lowest BCUT2D eigenvalue weighted by Gasteiger charge is -2.11. The number of hydrogen-bond donors (Lipinski definition) is 1. The average molecular weight is 361 g/mol. The number of anilines is 1. The van der Waals surface area contributed by atoms with E-state index in [1.54, 1.807) is 19.1 Å². The zero-order valence-corrected chi connectivity index (χ0v) is 14.3. The van der Waals surface area contributed by atoms with Crippen LogP contribution in [0, 0.1) is 6.92 Å². The summed E-state index contributed by atoms with van der Waals surface area (Å²) in [6.07, 6.45) is -0.964. The molecular weight excluding hydrogens is 346 g/mol. The Balaban J connectivity index is 1.48. The number of carbonyl (C=O) groups excluding carboxylic acids is 2. The van der Waals surface area contributed by atoms with Crippen molar-refractivity contribution in [2.24, 2.45) is 0 Å². The van der Waals surface area contributed by atoms with E-state index in [0.29, 0.717) is 22.1 Å². The van der Waals surface area contributed by atoms with Crippen LogP contribution in [-0.2, 0) is 14.3 Å². The SMILES string of the molecule is Cc1cc(NC(=O)[C@H](C)OC(=O)CSc2nc3ccccc3o2)no1. The minimum Gasteiger partial charge on any atom is -0.452 e. The minimum absolute atomic E-state index is 0.0203. The first-order valence-corrected chi connectivity index (χ1v) is 8.42. The first kappa shape index (κ1) is 17.0. The number of hydrogen-bond acceptors (Lipinski definition) is 8. The molecule has 0 aliphatic rings. The number of nitrogens with one attached hydrogen (secondary N) is 1. The van der Waals surface area contributed by atoms with Crippen molar-refractivity contribution < 1.29 is 23.3 Å². The van der Waals surface area contributed by atoms with Gasteiger partial charge in [-0.2, -0.15) is 0 Å². The maximum Gasteiger partial charge on any atom is 0.317 e.